The third-order valence-electron chi connectivity index (χ3n) is 3.52. The second kappa shape index (κ2) is 5.57. The number of ether oxygens (including phenoxy) is 1. The Morgan fingerprint density at radius 1 is 1.10 bits per heavy atom. The molecule has 0 amide bonds. The average Bonchev–Trinajstić information content (AvgIpc) is 2.47. The van der Waals surface area contributed by atoms with Crippen LogP contribution >= 0.6 is 0 Å². The second-order valence-corrected chi connectivity index (χ2v) is 4.97. The van der Waals surface area contributed by atoms with E-state index in [4.69, 9.17) is 4.74 Å². The Morgan fingerprint density at radius 3 is 2.75 bits per heavy atom. The molecule has 1 atom stereocenters. The maximum Gasteiger partial charge on any atom is 0.0813 e. The molecule has 0 radical (unpaired) electrons. The number of benzene rings is 2. The summed E-state index contributed by atoms with van der Waals surface area (Å²) in [6, 6.07) is 14.3. The monoisotopic (exact) mass is 267 g/mol. The van der Waals surface area contributed by atoms with Crippen LogP contribution in [-0.2, 0) is 11.2 Å². The first kappa shape index (κ1) is 13.0. The third-order valence-corrected chi connectivity index (χ3v) is 3.52. The number of nitrogens with zero attached hydrogens (tertiary/aromatic N) is 1. The Morgan fingerprint density at radius 2 is 1.90 bits per heavy atom. The van der Waals surface area contributed by atoms with Crippen molar-refractivity contribution < 1.29 is 9.84 Å². The normalized spacial score (nSPS) is 12.9. The van der Waals surface area contributed by atoms with Gasteiger partial charge in [0.15, 0.2) is 0 Å². The molecule has 1 N–H and O–H groups in total. The minimum atomic E-state index is -0.496. The zero-order chi connectivity index (χ0) is 13.9. The van der Waals surface area contributed by atoms with Crippen molar-refractivity contribution in [3.8, 4) is 0 Å². The van der Waals surface area contributed by atoms with Crippen molar-refractivity contribution in [3.05, 3.63) is 54.2 Å². The molecular weight excluding hydrogens is 250 g/mol. The minimum Gasteiger partial charge on any atom is -0.390 e. The van der Waals surface area contributed by atoms with Crippen LogP contribution in [0, 0.1) is 0 Å². The van der Waals surface area contributed by atoms with Crippen molar-refractivity contribution in [3.63, 3.8) is 0 Å². The SMILES string of the molecule is COCC(O)Cc1cccc2ccc3cccnc3c12. The molecule has 102 valence electrons. The molecule has 2 aromatic carbocycles. The lowest BCUT2D eigenvalue weighted by atomic mass is 9.97. The van der Waals surface area contributed by atoms with E-state index in [0.29, 0.717) is 13.0 Å². The Labute approximate surface area is 117 Å². The van der Waals surface area contributed by atoms with Gasteiger partial charge in [0.2, 0.25) is 0 Å². The molecule has 3 aromatic rings. The topological polar surface area (TPSA) is 42.4 Å². The number of hydrogen-bond donors (Lipinski definition) is 1. The number of aliphatic hydroxyl groups excluding tert-OH is 1. The summed E-state index contributed by atoms with van der Waals surface area (Å²) in [4.78, 5) is 4.51. The van der Waals surface area contributed by atoms with Crippen molar-refractivity contribution in [2.45, 2.75) is 12.5 Å². The zero-order valence-corrected chi connectivity index (χ0v) is 11.4. The summed E-state index contributed by atoms with van der Waals surface area (Å²) in [5.74, 6) is 0. The van der Waals surface area contributed by atoms with E-state index in [0.717, 1.165) is 27.2 Å². The van der Waals surface area contributed by atoms with Crippen LogP contribution in [0.2, 0.25) is 0 Å². The maximum atomic E-state index is 9.99. The van der Waals surface area contributed by atoms with Gasteiger partial charge in [0, 0.05) is 30.5 Å². The molecule has 1 aromatic heterocycles. The molecule has 0 aliphatic heterocycles. The first-order chi connectivity index (χ1) is 9.79. The fraction of sp³-hybridized carbons (Fsp3) is 0.235. The lowest BCUT2D eigenvalue weighted by Crippen LogP contribution is -2.17. The Bertz CT molecular complexity index is 739. The summed E-state index contributed by atoms with van der Waals surface area (Å²) < 4.78 is 5.01. The van der Waals surface area contributed by atoms with Gasteiger partial charge in [0.05, 0.1) is 18.2 Å². The highest BCUT2D eigenvalue weighted by Crippen LogP contribution is 2.27. The van der Waals surface area contributed by atoms with Gasteiger partial charge in [-0.3, -0.25) is 4.98 Å². The number of hydrogen-bond acceptors (Lipinski definition) is 3. The highest BCUT2D eigenvalue weighted by molar-refractivity contribution is 6.06. The van der Waals surface area contributed by atoms with E-state index in [1.54, 1.807) is 7.11 Å². The number of methoxy groups -OCH3 is 1. The highest BCUT2D eigenvalue weighted by atomic mass is 16.5. The smallest absolute Gasteiger partial charge is 0.0813 e. The molecule has 0 aliphatic rings. The van der Waals surface area contributed by atoms with Crippen molar-refractivity contribution >= 4 is 21.7 Å². The average molecular weight is 267 g/mol. The standard InChI is InChI=1S/C17H17NO2/c1-20-11-15(19)10-14-5-2-4-12-7-8-13-6-3-9-18-17(13)16(12)14/h2-9,15,19H,10-11H2,1H3. The molecule has 0 saturated heterocycles. The zero-order valence-electron chi connectivity index (χ0n) is 11.4. The van der Waals surface area contributed by atoms with Gasteiger partial charge in [-0.15, -0.1) is 0 Å². The number of aliphatic hydroxyl groups is 1. The summed E-state index contributed by atoms with van der Waals surface area (Å²) in [6.07, 6.45) is 1.88. The third kappa shape index (κ3) is 2.38. The minimum absolute atomic E-state index is 0.342. The van der Waals surface area contributed by atoms with Gasteiger partial charge in [-0.25, -0.2) is 0 Å². The summed E-state index contributed by atoms with van der Waals surface area (Å²) in [6.45, 7) is 0.342. The molecule has 3 heteroatoms. The number of rotatable bonds is 4. The Hall–Kier alpha value is -1.97. The predicted octanol–water partition coefficient (Wildman–Crippen LogP) is 2.94. The summed E-state index contributed by atoms with van der Waals surface area (Å²) >= 11 is 0. The highest BCUT2D eigenvalue weighted by Gasteiger charge is 2.11. The van der Waals surface area contributed by atoms with Gasteiger partial charge in [0.1, 0.15) is 0 Å². The van der Waals surface area contributed by atoms with E-state index in [2.05, 4.69) is 35.3 Å². The summed E-state index contributed by atoms with van der Waals surface area (Å²) in [5.41, 5.74) is 2.10. The molecule has 1 heterocycles. The Kier molecular flexibility index (Phi) is 3.63. The van der Waals surface area contributed by atoms with Crippen LogP contribution in [0.4, 0.5) is 0 Å². The first-order valence-corrected chi connectivity index (χ1v) is 6.72. The van der Waals surface area contributed by atoms with Crippen LogP contribution < -0.4 is 0 Å². The van der Waals surface area contributed by atoms with Gasteiger partial charge in [0.25, 0.3) is 0 Å². The van der Waals surface area contributed by atoms with E-state index < -0.39 is 6.10 Å². The number of fused-ring (bicyclic) bond motifs is 3. The van der Waals surface area contributed by atoms with Crippen molar-refractivity contribution in [2.24, 2.45) is 0 Å². The molecule has 1 unspecified atom stereocenters. The second-order valence-electron chi connectivity index (χ2n) is 4.97. The fourth-order valence-corrected chi connectivity index (χ4v) is 2.66. The van der Waals surface area contributed by atoms with Gasteiger partial charge in [-0.05, 0) is 17.0 Å². The quantitative estimate of drug-likeness (QED) is 0.739. The van der Waals surface area contributed by atoms with Crippen LogP contribution in [0.25, 0.3) is 21.7 Å². The maximum absolute atomic E-state index is 9.99. The van der Waals surface area contributed by atoms with Crippen LogP contribution in [0.5, 0.6) is 0 Å². The molecule has 0 saturated carbocycles. The van der Waals surface area contributed by atoms with Gasteiger partial charge >= 0.3 is 0 Å². The molecule has 3 nitrogen and oxygen atoms in total. The van der Waals surface area contributed by atoms with Gasteiger partial charge < -0.3 is 9.84 Å². The molecule has 0 aliphatic carbocycles. The van der Waals surface area contributed by atoms with E-state index in [1.165, 1.54) is 0 Å². The Balaban J connectivity index is 2.18. The number of pyridine rings is 1. The van der Waals surface area contributed by atoms with Crippen LogP contribution in [0.1, 0.15) is 5.56 Å². The fourth-order valence-electron chi connectivity index (χ4n) is 2.66. The predicted molar refractivity (Wildman–Crippen MR) is 80.8 cm³/mol. The molecule has 0 bridgehead atoms. The summed E-state index contributed by atoms with van der Waals surface area (Å²) in [5, 5.41) is 13.4. The van der Waals surface area contributed by atoms with E-state index in [-0.39, 0.29) is 0 Å². The van der Waals surface area contributed by atoms with Crippen LogP contribution in [-0.4, -0.2) is 29.9 Å². The van der Waals surface area contributed by atoms with Gasteiger partial charge in [-0.2, -0.15) is 0 Å². The largest absolute Gasteiger partial charge is 0.390 e. The van der Waals surface area contributed by atoms with E-state index in [1.807, 2.05) is 18.3 Å². The van der Waals surface area contributed by atoms with E-state index >= 15 is 0 Å². The van der Waals surface area contributed by atoms with Crippen molar-refractivity contribution in [2.75, 3.05) is 13.7 Å². The molecule has 0 fully saturated rings. The lowest BCUT2D eigenvalue weighted by Gasteiger charge is -2.13. The van der Waals surface area contributed by atoms with Crippen LogP contribution in [0.15, 0.2) is 48.7 Å². The van der Waals surface area contributed by atoms with Crippen molar-refractivity contribution in [1.29, 1.82) is 0 Å². The molecular formula is C17H17NO2. The van der Waals surface area contributed by atoms with Crippen molar-refractivity contribution in [1.82, 2.24) is 4.98 Å². The molecule has 3 rings (SSSR count). The van der Waals surface area contributed by atoms with Gasteiger partial charge in [-0.1, -0.05) is 36.4 Å². The van der Waals surface area contributed by atoms with Crippen LogP contribution in [0.3, 0.4) is 0 Å². The summed E-state index contributed by atoms with van der Waals surface area (Å²) in [7, 11) is 1.60. The number of aromatic nitrogens is 1. The molecule has 0 spiro atoms. The first-order valence-electron chi connectivity index (χ1n) is 6.72. The molecule has 20 heavy (non-hydrogen) atoms. The van der Waals surface area contributed by atoms with E-state index in [9.17, 15) is 5.11 Å². The lowest BCUT2D eigenvalue weighted by molar-refractivity contribution is 0.0652.